The fraction of sp³-hybridized carbons (Fsp3) is 0.267. The average molecular weight is 300 g/mol. The fourth-order valence-electron chi connectivity index (χ4n) is 2.53. The zero-order valence-electron chi connectivity index (χ0n) is 11.8. The van der Waals surface area contributed by atoms with Gasteiger partial charge in [0.25, 0.3) is 0 Å². The molecule has 1 aliphatic heterocycles. The molecule has 0 aliphatic carbocycles. The van der Waals surface area contributed by atoms with E-state index < -0.39 is 11.9 Å². The van der Waals surface area contributed by atoms with Crippen LogP contribution in [0.1, 0.15) is 6.42 Å². The summed E-state index contributed by atoms with van der Waals surface area (Å²) in [6, 6.07) is 8.85. The SMILES string of the molecule is O=C(O)C1CCN(C(=O)Nc2ccccc2-n2cccn2)C1. The van der Waals surface area contributed by atoms with Gasteiger partial charge in [0.05, 0.1) is 17.3 Å². The maximum Gasteiger partial charge on any atom is 0.321 e. The van der Waals surface area contributed by atoms with Crippen molar-refractivity contribution in [1.82, 2.24) is 14.7 Å². The van der Waals surface area contributed by atoms with E-state index in [9.17, 15) is 9.59 Å². The first kappa shape index (κ1) is 14.1. The van der Waals surface area contributed by atoms with Gasteiger partial charge in [0.15, 0.2) is 0 Å². The normalized spacial score (nSPS) is 17.5. The van der Waals surface area contributed by atoms with Crippen molar-refractivity contribution in [3.8, 4) is 5.69 Å². The Morgan fingerprint density at radius 2 is 2.09 bits per heavy atom. The summed E-state index contributed by atoms with van der Waals surface area (Å²) in [6.07, 6.45) is 3.95. The molecule has 2 heterocycles. The highest BCUT2D eigenvalue weighted by atomic mass is 16.4. The fourth-order valence-corrected chi connectivity index (χ4v) is 2.53. The van der Waals surface area contributed by atoms with Crippen molar-refractivity contribution in [3.63, 3.8) is 0 Å². The van der Waals surface area contributed by atoms with E-state index in [-0.39, 0.29) is 12.6 Å². The first-order valence-corrected chi connectivity index (χ1v) is 7.03. The Hall–Kier alpha value is -2.83. The Balaban J connectivity index is 1.74. The molecule has 1 fully saturated rings. The van der Waals surface area contributed by atoms with Crippen molar-refractivity contribution in [1.29, 1.82) is 0 Å². The monoisotopic (exact) mass is 300 g/mol. The number of amides is 2. The van der Waals surface area contributed by atoms with Crippen LogP contribution in [0, 0.1) is 5.92 Å². The number of para-hydroxylation sites is 2. The van der Waals surface area contributed by atoms with Crippen molar-refractivity contribution in [2.45, 2.75) is 6.42 Å². The summed E-state index contributed by atoms with van der Waals surface area (Å²) in [5.41, 5.74) is 1.39. The maximum absolute atomic E-state index is 12.3. The molecule has 7 heteroatoms. The minimum absolute atomic E-state index is 0.241. The standard InChI is InChI=1S/C15H16N4O3/c20-14(21)11-6-9-18(10-11)15(22)17-12-4-1-2-5-13(12)19-8-3-7-16-19/h1-5,7-8,11H,6,9-10H2,(H,17,22)(H,20,21). The largest absolute Gasteiger partial charge is 0.481 e. The van der Waals surface area contributed by atoms with Crippen LogP contribution in [0.25, 0.3) is 5.69 Å². The Labute approximate surface area is 127 Å². The lowest BCUT2D eigenvalue weighted by molar-refractivity contribution is -0.141. The summed E-state index contributed by atoms with van der Waals surface area (Å²) in [4.78, 5) is 24.8. The van der Waals surface area contributed by atoms with Crippen LogP contribution >= 0.6 is 0 Å². The zero-order valence-corrected chi connectivity index (χ0v) is 11.8. The predicted molar refractivity (Wildman–Crippen MR) is 79.9 cm³/mol. The van der Waals surface area contributed by atoms with E-state index in [4.69, 9.17) is 5.11 Å². The number of carboxylic acid groups (broad SMARTS) is 1. The molecule has 0 radical (unpaired) electrons. The van der Waals surface area contributed by atoms with Gasteiger partial charge in [0.1, 0.15) is 0 Å². The van der Waals surface area contributed by atoms with Gasteiger partial charge < -0.3 is 15.3 Å². The predicted octanol–water partition coefficient (Wildman–Crippen LogP) is 1.81. The molecule has 1 aromatic carbocycles. The highest BCUT2D eigenvalue weighted by molar-refractivity contribution is 5.92. The van der Waals surface area contributed by atoms with Gasteiger partial charge in [0, 0.05) is 25.5 Å². The molecule has 0 bridgehead atoms. The molecule has 1 aliphatic rings. The van der Waals surface area contributed by atoms with E-state index >= 15 is 0 Å². The number of hydrogen-bond acceptors (Lipinski definition) is 3. The molecule has 1 atom stereocenters. The maximum atomic E-state index is 12.3. The third kappa shape index (κ3) is 2.78. The van der Waals surface area contributed by atoms with Crippen molar-refractivity contribution in [2.24, 2.45) is 5.92 Å². The highest BCUT2D eigenvalue weighted by Gasteiger charge is 2.31. The van der Waals surface area contributed by atoms with Crippen LogP contribution in [0.2, 0.25) is 0 Å². The van der Waals surface area contributed by atoms with Crippen LogP contribution in [-0.4, -0.2) is 44.9 Å². The number of aliphatic carboxylic acids is 1. The number of carbonyl (C=O) groups excluding carboxylic acids is 1. The summed E-state index contributed by atoms with van der Waals surface area (Å²) in [7, 11) is 0. The number of hydrogen-bond donors (Lipinski definition) is 2. The van der Waals surface area contributed by atoms with Crippen LogP contribution in [0.3, 0.4) is 0 Å². The number of carboxylic acids is 1. The molecule has 0 spiro atoms. The van der Waals surface area contributed by atoms with Crippen LogP contribution in [0.4, 0.5) is 10.5 Å². The second kappa shape index (κ2) is 5.88. The first-order valence-electron chi connectivity index (χ1n) is 7.03. The van der Waals surface area contributed by atoms with Crippen LogP contribution in [-0.2, 0) is 4.79 Å². The molecule has 114 valence electrons. The number of carbonyl (C=O) groups is 2. The highest BCUT2D eigenvalue weighted by Crippen LogP contribution is 2.22. The number of urea groups is 1. The van der Waals surface area contributed by atoms with E-state index in [2.05, 4.69) is 10.4 Å². The first-order chi connectivity index (χ1) is 10.6. The third-order valence-electron chi connectivity index (χ3n) is 3.72. The molecule has 0 saturated carbocycles. The van der Waals surface area contributed by atoms with Gasteiger partial charge in [-0.15, -0.1) is 0 Å². The van der Waals surface area contributed by atoms with E-state index in [0.29, 0.717) is 18.7 Å². The van der Waals surface area contributed by atoms with Gasteiger partial charge in [-0.3, -0.25) is 4.79 Å². The molecule has 7 nitrogen and oxygen atoms in total. The lowest BCUT2D eigenvalue weighted by Gasteiger charge is -2.18. The lowest BCUT2D eigenvalue weighted by Crippen LogP contribution is -2.34. The van der Waals surface area contributed by atoms with Gasteiger partial charge >= 0.3 is 12.0 Å². The van der Waals surface area contributed by atoms with Crippen LogP contribution in [0.5, 0.6) is 0 Å². The van der Waals surface area contributed by atoms with E-state index in [0.717, 1.165) is 5.69 Å². The Morgan fingerprint density at radius 1 is 1.27 bits per heavy atom. The number of likely N-dealkylation sites (tertiary alicyclic amines) is 1. The summed E-state index contributed by atoms with van der Waals surface area (Å²) in [6.45, 7) is 0.692. The minimum Gasteiger partial charge on any atom is -0.481 e. The second-order valence-electron chi connectivity index (χ2n) is 5.17. The summed E-state index contributed by atoms with van der Waals surface area (Å²) < 4.78 is 1.67. The number of nitrogens with zero attached hydrogens (tertiary/aromatic N) is 3. The number of benzene rings is 1. The van der Waals surface area contributed by atoms with Crippen molar-refractivity contribution in [2.75, 3.05) is 18.4 Å². The van der Waals surface area contributed by atoms with E-state index in [1.165, 1.54) is 4.90 Å². The van der Waals surface area contributed by atoms with Crippen LogP contribution in [0.15, 0.2) is 42.7 Å². The van der Waals surface area contributed by atoms with Crippen molar-refractivity contribution < 1.29 is 14.7 Å². The molecule has 1 unspecified atom stereocenters. The van der Waals surface area contributed by atoms with Crippen molar-refractivity contribution >= 4 is 17.7 Å². The molecular weight excluding hydrogens is 284 g/mol. The molecule has 22 heavy (non-hydrogen) atoms. The molecule has 1 aromatic heterocycles. The van der Waals surface area contributed by atoms with E-state index in [1.807, 2.05) is 18.2 Å². The topological polar surface area (TPSA) is 87.5 Å². The molecule has 2 aromatic rings. The zero-order chi connectivity index (χ0) is 15.5. The molecule has 3 rings (SSSR count). The van der Waals surface area contributed by atoms with Gasteiger partial charge in [-0.2, -0.15) is 5.10 Å². The number of rotatable bonds is 3. The Kier molecular flexibility index (Phi) is 3.78. The van der Waals surface area contributed by atoms with Gasteiger partial charge in [-0.1, -0.05) is 12.1 Å². The molecule has 2 N–H and O–H groups in total. The minimum atomic E-state index is -0.854. The Bertz CT molecular complexity index is 684. The van der Waals surface area contributed by atoms with Crippen molar-refractivity contribution in [3.05, 3.63) is 42.7 Å². The van der Waals surface area contributed by atoms with Gasteiger partial charge in [0.2, 0.25) is 0 Å². The smallest absolute Gasteiger partial charge is 0.321 e. The van der Waals surface area contributed by atoms with Gasteiger partial charge in [-0.05, 0) is 24.6 Å². The molecule has 2 amide bonds. The third-order valence-corrected chi connectivity index (χ3v) is 3.72. The number of nitrogens with one attached hydrogen (secondary N) is 1. The summed E-state index contributed by atoms with van der Waals surface area (Å²) >= 11 is 0. The van der Waals surface area contributed by atoms with Gasteiger partial charge in [-0.25, -0.2) is 9.48 Å². The number of aromatic nitrogens is 2. The summed E-state index contributed by atoms with van der Waals surface area (Å²) in [5, 5.41) is 16.0. The lowest BCUT2D eigenvalue weighted by atomic mass is 10.1. The van der Waals surface area contributed by atoms with E-state index in [1.54, 1.807) is 29.2 Å². The second-order valence-corrected chi connectivity index (χ2v) is 5.17. The quantitative estimate of drug-likeness (QED) is 0.905. The molecular formula is C15H16N4O3. The average Bonchev–Trinajstić information content (AvgIpc) is 3.19. The Morgan fingerprint density at radius 3 is 2.77 bits per heavy atom. The summed E-state index contributed by atoms with van der Waals surface area (Å²) in [5.74, 6) is -1.33. The molecule has 1 saturated heterocycles. The number of anilines is 1. The van der Waals surface area contributed by atoms with Crippen LogP contribution < -0.4 is 5.32 Å².